The largest absolute Gasteiger partial charge is 0.497 e. The Morgan fingerprint density at radius 2 is 1.16 bits per heavy atom. The van der Waals surface area contributed by atoms with Gasteiger partial charge in [0.2, 0.25) is 0 Å². The smallest absolute Gasteiger partial charge is 0.118 e. The van der Waals surface area contributed by atoms with Crippen LogP contribution in [0.3, 0.4) is 0 Å². The predicted molar refractivity (Wildman–Crippen MR) is 95.9 cm³/mol. The normalized spacial score (nSPS) is 15.9. The molecular weight excluding hydrogens is 320 g/mol. The Morgan fingerprint density at radius 1 is 0.720 bits per heavy atom. The zero-order valence-corrected chi connectivity index (χ0v) is 15.0. The summed E-state index contributed by atoms with van der Waals surface area (Å²) in [6.07, 6.45) is -2.59. The third-order valence-electron chi connectivity index (χ3n) is 4.15. The van der Waals surface area contributed by atoms with Gasteiger partial charge in [0.15, 0.2) is 0 Å². The lowest BCUT2D eigenvalue weighted by Gasteiger charge is -2.28. The first-order chi connectivity index (χ1) is 12.0. The highest BCUT2D eigenvalue weighted by Crippen LogP contribution is 2.29. The molecule has 0 saturated heterocycles. The molecule has 25 heavy (non-hydrogen) atoms. The van der Waals surface area contributed by atoms with Crippen molar-refractivity contribution in [3.63, 3.8) is 0 Å². The van der Waals surface area contributed by atoms with Crippen molar-refractivity contribution in [2.24, 2.45) is 0 Å². The third kappa shape index (κ3) is 4.95. The van der Waals surface area contributed by atoms with E-state index in [2.05, 4.69) is 0 Å². The molecule has 5 heteroatoms. The van der Waals surface area contributed by atoms with Crippen LogP contribution in [-0.2, 0) is 4.74 Å². The predicted octanol–water partition coefficient (Wildman–Crippen LogP) is 3.26. The van der Waals surface area contributed by atoms with Crippen LogP contribution in [0.2, 0.25) is 0 Å². The van der Waals surface area contributed by atoms with E-state index in [0.29, 0.717) is 0 Å². The van der Waals surface area contributed by atoms with E-state index in [4.69, 9.17) is 14.2 Å². The van der Waals surface area contributed by atoms with Crippen LogP contribution in [0.25, 0.3) is 0 Å². The molecule has 2 aromatic carbocycles. The number of ether oxygens (including phenoxy) is 3. The van der Waals surface area contributed by atoms with Gasteiger partial charge in [-0.15, -0.1) is 0 Å². The summed E-state index contributed by atoms with van der Waals surface area (Å²) in [5.41, 5.74) is 1.55. The molecule has 4 atom stereocenters. The molecule has 2 N–H and O–H groups in total. The summed E-state index contributed by atoms with van der Waals surface area (Å²) >= 11 is 0. The van der Waals surface area contributed by atoms with E-state index < -0.39 is 24.4 Å². The van der Waals surface area contributed by atoms with Gasteiger partial charge in [-0.05, 0) is 49.2 Å². The van der Waals surface area contributed by atoms with Crippen molar-refractivity contribution in [1.29, 1.82) is 0 Å². The van der Waals surface area contributed by atoms with E-state index in [1.54, 1.807) is 52.3 Å². The molecule has 0 aromatic heterocycles. The van der Waals surface area contributed by atoms with Crippen LogP contribution in [0.15, 0.2) is 48.5 Å². The lowest BCUT2D eigenvalue weighted by Crippen LogP contribution is -2.27. The Hall–Kier alpha value is -2.08. The summed E-state index contributed by atoms with van der Waals surface area (Å²) in [4.78, 5) is 0. The number of hydrogen-bond acceptors (Lipinski definition) is 5. The van der Waals surface area contributed by atoms with Crippen LogP contribution in [0.4, 0.5) is 0 Å². The molecule has 0 unspecified atom stereocenters. The summed E-state index contributed by atoms with van der Waals surface area (Å²) < 4.78 is 16.2. The van der Waals surface area contributed by atoms with E-state index in [0.717, 1.165) is 22.6 Å². The van der Waals surface area contributed by atoms with Gasteiger partial charge in [0.1, 0.15) is 23.7 Å². The minimum Gasteiger partial charge on any atom is -0.497 e. The molecule has 2 aromatic rings. The first-order valence-corrected chi connectivity index (χ1v) is 8.25. The second kappa shape index (κ2) is 8.85. The van der Waals surface area contributed by atoms with Crippen LogP contribution in [-0.4, -0.2) is 36.6 Å². The Balaban J connectivity index is 2.11. The quantitative estimate of drug-likeness (QED) is 0.768. The number of benzene rings is 2. The summed E-state index contributed by atoms with van der Waals surface area (Å²) in [6.45, 7) is 3.45. The summed E-state index contributed by atoms with van der Waals surface area (Å²) in [6, 6.07) is 14.5. The van der Waals surface area contributed by atoms with Gasteiger partial charge in [-0.3, -0.25) is 0 Å². The Morgan fingerprint density at radius 3 is 1.56 bits per heavy atom. The van der Waals surface area contributed by atoms with E-state index in [1.807, 2.05) is 24.3 Å². The second-order valence-corrected chi connectivity index (χ2v) is 5.99. The number of hydrogen-bond donors (Lipinski definition) is 2. The van der Waals surface area contributed by atoms with Gasteiger partial charge in [0, 0.05) is 0 Å². The highest BCUT2D eigenvalue weighted by molar-refractivity contribution is 5.30. The van der Waals surface area contributed by atoms with Gasteiger partial charge in [0.05, 0.1) is 26.4 Å². The van der Waals surface area contributed by atoms with Crippen LogP contribution in [0.1, 0.15) is 37.2 Å². The molecule has 0 aliphatic carbocycles. The number of aliphatic hydroxyl groups excluding tert-OH is 2. The minimum atomic E-state index is -0.814. The zero-order valence-electron chi connectivity index (χ0n) is 15.0. The lowest BCUT2D eigenvalue weighted by molar-refractivity contribution is -0.108. The Kier molecular flexibility index (Phi) is 6.82. The van der Waals surface area contributed by atoms with Gasteiger partial charge >= 0.3 is 0 Å². The average Bonchev–Trinajstić information content (AvgIpc) is 2.65. The molecule has 5 nitrogen and oxygen atoms in total. The van der Waals surface area contributed by atoms with Crippen molar-refractivity contribution < 1.29 is 24.4 Å². The van der Waals surface area contributed by atoms with Crippen LogP contribution >= 0.6 is 0 Å². The highest BCUT2D eigenvalue weighted by Gasteiger charge is 2.25. The van der Waals surface area contributed by atoms with Crippen LogP contribution < -0.4 is 9.47 Å². The minimum absolute atomic E-state index is 0.505. The van der Waals surface area contributed by atoms with Crippen molar-refractivity contribution in [3.8, 4) is 11.5 Å². The SMILES string of the molecule is COc1ccc([C@H](O)[C@@H](C)O[C@@H](c2ccc(OC)cc2)[C@H](C)O)cc1. The number of aliphatic hydroxyl groups is 2. The standard InChI is InChI=1S/C20H26O5/c1-13(21)20(16-7-11-18(24-4)12-8-16)25-14(2)19(22)15-5-9-17(23-3)10-6-15/h5-14,19-22H,1-4H3/t13-,14+,19+,20+/m0/s1. The molecule has 0 radical (unpaired) electrons. The molecule has 0 bridgehead atoms. The van der Waals surface area contributed by atoms with E-state index in [1.165, 1.54) is 0 Å². The van der Waals surface area contributed by atoms with Gasteiger partial charge in [0.25, 0.3) is 0 Å². The fourth-order valence-electron chi connectivity index (χ4n) is 2.64. The van der Waals surface area contributed by atoms with E-state index >= 15 is 0 Å². The van der Waals surface area contributed by atoms with Crippen molar-refractivity contribution >= 4 is 0 Å². The maximum atomic E-state index is 10.5. The number of methoxy groups -OCH3 is 2. The molecular formula is C20H26O5. The fourth-order valence-corrected chi connectivity index (χ4v) is 2.64. The summed E-state index contributed by atoms with van der Waals surface area (Å²) in [5.74, 6) is 1.46. The van der Waals surface area contributed by atoms with Crippen LogP contribution in [0.5, 0.6) is 11.5 Å². The van der Waals surface area contributed by atoms with Crippen molar-refractivity contribution in [1.82, 2.24) is 0 Å². The molecule has 136 valence electrons. The van der Waals surface area contributed by atoms with E-state index in [-0.39, 0.29) is 0 Å². The second-order valence-electron chi connectivity index (χ2n) is 5.99. The summed E-state index contributed by atoms with van der Waals surface area (Å²) in [7, 11) is 3.20. The van der Waals surface area contributed by atoms with Crippen LogP contribution in [0, 0.1) is 0 Å². The fraction of sp³-hybridized carbons (Fsp3) is 0.400. The van der Waals surface area contributed by atoms with Gasteiger partial charge < -0.3 is 24.4 Å². The molecule has 0 spiro atoms. The first kappa shape index (κ1) is 19.2. The first-order valence-electron chi connectivity index (χ1n) is 8.25. The molecule has 0 aliphatic rings. The maximum absolute atomic E-state index is 10.5. The molecule has 0 saturated carbocycles. The maximum Gasteiger partial charge on any atom is 0.118 e. The molecule has 0 heterocycles. The monoisotopic (exact) mass is 346 g/mol. The topological polar surface area (TPSA) is 68.2 Å². The van der Waals surface area contributed by atoms with Crippen molar-refractivity contribution in [2.45, 2.75) is 38.3 Å². The summed E-state index contributed by atoms with van der Waals surface area (Å²) in [5, 5.41) is 20.7. The van der Waals surface area contributed by atoms with Gasteiger partial charge in [-0.2, -0.15) is 0 Å². The molecule has 0 fully saturated rings. The highest BCUT2D eigenvalue weighted by atomic mass is 16.5. The van der Waals surface area contributed by atoms with Gasteiger partial charge in [-0.25, -0.2) is 0 Å². The Bertz CT molecular complexity index is 636. The van der Waals surface area contributed by atoms with E-state index in [9.17, 15) is 10.2 Å². The number of rotatable bonds is 8. The van der Waals surface area contributed by atoms with Crippen molar-refractivity contribution in [2.75, 3.05) is 14.2 Å². The zero-order chi connectivity index (χ0) is 18.4. The van der Waals surface area contributed by atoms with Crippen molar-refractivity contribution in [3.05, 3.63) is 59.7 Å². The molecule has 0 amide bonds. The molecule has 2 rings (SSSR count). The molecule has 0 aliphatic heterocycles. The third-order valence-corrected chi connectivity index (χ3v) is 4.15. The Labute approximate surface area is 148 Å². The van der Waals surface area contributed by atoms with Gasteiger partial charge in [-0.1, -0.05) is 24.3 Å². The lowest BCUT2D eigenvalue weighted by atomic mass is 10.0. The average molecular weight is 346 g/mol.